The van der Waals surface area contributed by atoms with Crippen molar-refractivity contribution in [1.82, 2.24) is 15.2 Å². The number of likely N-dealkylation sites (tertiary alicyclic amines) is 1. The Morgan fingerprint density at radius 2 is 2.16 bits per heavy atom. The monoisotopic (exact) mass is 544 g/mol. The number of aliphatic imine (C=N–C) groups is 1. The summed E-state index contributed by atoms with van der Waals surface area (Å²) in [6.45, 7) is 7.09. The highest BCUT2D eigenvalue weighted by molar-refractivity contribution is 14.0. The largest absolute Gasteiger partial charge is 0.376 e. The summed E-state index contributed by atoms with van der Waals surface area (Å²) in [7, 11) is 0. The maximum absolute atomic E-state index is 13.6. The molecule has 8 heteroatoms. The number of rotatable bonds is 7. The number of piperidine rings is 1. The Labute approximate surface area is 201 Å². The molecule has 0 amide bonds. The third kappa shape index (κ3) is 6.55. The molecular weight excluding hydrogens is 510 g/mol. The molecule has 1 atom stereocenters. The second-order valence-corrected chi connectivity index (χ2v) is 8.14. The molecule has 3 heterocycles. The Hall–Kier alpha value is -1.39. The number of aromatic amines is 1. The maximum atomic E-state index is 13.6. The molecule has 1 aromatic heterocycles. The molecule has 4 rings (SSSR count). The molecule has 0 spiro atoms. The lowest BCUT2D eigenvalue weighted by Gasteiger charge is -2.34. The van der Waals surface area contributed by atoms with E-state index in [-0.39, 0.29) is 29.8 Å². The van der Waals surface area contributed by atoms with E-state index in [0.29, 0.717) is 18.8 Å². The Bertz CT molecular complexity index is 845. The fourth-order valence-corrected chi connectivity index (χ4v) is 4.32. The summed E-state index contributed by atoms with van der Waals surface area (Å²) in [5.41, 5.74) is 2.07. The van der Waals surface area contributed by atoms with E-state index in [1.807, 2.05) is 6.20 Å². The molecule has 2 N–H and O–H groups in total. The van der Waals surface area contributed by atoms with E-state index >= 15 is 0 Å². The molecule has 2 fully saturated rings. The van der Waals surface area contributed by atoms with Crippen molar-refractivity contribution >= 4 is 40.8 Å². The maximum Gasteiger partial charge on any atom is 0.193 e. The second kappa shape index (κ2) is 12.0. The number of hydrogen-bond acceptors (Lipinski definition) is 3. The lowest BCUT2D eigenvalue weighted by atomic mass is 10.1. The lowest BCUT2D eigenvalue weighted by Crippen LogP contribution is -2.47. The summed E-state index contributed by atoms with van der Waals surface area (Å²) in [6, 6.07) is 4.86. The minimum Gasteiger partial charge on any atom is -0.376 e. The van der Waals surface area contributed by atoms with Crippen LogP contribution in [0.5, 0.6) is 0 Å². The fourth-order valence-electron chi connectivity index (χ4n) is 4.32. The Kier molecular flexibility index (Phi) is 9.40. The number of H-pyrrole nitrogens is 1. The average Bonchev–Trinajstić information content (AvgIpc) is 3.42. The first-order valence-corrected chi connectivity index (χ1v) is 11.2. The van der Waals surface area contributed by atoms with Crippen molar-refractivity contribution in [2.24, 2.45) is 4.99 Å². The number of halogens is 2. The molecule has 0 saturated carbocycles. The van der Waals surface area contributed by atoms with Gasteiger partial charge in [-0.05, 0) is 62.8 Å². The van der Waals surface area contributed by atoms with Crippen molar-refractivity contribution in [3.8, 4) is 0 Å². The van der Waals surface area contributed by atoms with Crippen LogP contribution in [0.15, 0.2) is 29.4 Å². The summed E-state index contributed by atoms with van der Waals surface area (Å²) >= 11 is 0. The van der Waals surface area contributed by atoms with Crippen molar-refractivity contribution in [3.63, 3.8) is 0 Å². The van der Waals surface area contributed by atoms with E-state index in [2.05, 4.69) is 22.1 Å². The van der Waals surface area contributed by atoms with Crippen LogP contribution in [0.2, 0.25) is 0 Å². The first kappa shape index (κ1) is 24.3. The first-order valence-electron chi connectivity index (χ1n) is 11.2. The number of ether oxygens (including phenoxy) is 2. The van der Waals surface area contributed by atoms with Crippen LogP contribution in [-0.2, 0) is 15.9 Å². The first-order chi connectivity index (χ1) is 14.7. The van der Waals surface area contributed by atoms with Crippen LogP contribution in [0.25, 0.3) is 10.9 Å². The van der Waals surface area contributed by atoms with Crippen LogP contribution >= 0.6 is 24.0 Å². The van der Waals surface area contributed by atoms with E-state index in [1.165, 1.54) is 6.07 Å². The molecule has 1 aromatic carbocycles. The van der Waals surface area contributed by atoms with Crippen molar-refractivity contribution in [2.45, 2.75) is 51.2 Å². The third-order valence-corrected chi connectivity index (χ3v) is 5.99. The standard InChI is InChI=1S/C23H33FN4O2.HI/c1-2-25-23(26-10-7-17-15-27-22-6-5-18(24)14-21(17)22)28-11-8-19(9-12-28)30-16-20-4-3-13-29-20;/h5-6,14-15,19-20,27H,2-4,7-13,16H2,1H3,(H,25,26);1H. The van der Waals surface area contributed by atoms with Gasteiger partial charge in [0.15, 0.2) is 5.96 Å². The van der Waals surface area contributed by atoms with Gasteiger partial charge >= 0.3 is 0 Å². The highest BCUT2D eigenvalue weighted by Crippen LogP contribution is 2.20. The van der Waals surface area contributed by atoms with E-state index < -0.39 is 0 Å². The van der Waals surface area contributed by atoms with Gasteiger partial charge in [-0.15, -0.1) is 24.0 Å². The van der Waals surface area contributed by atoms with Crippen molar-refractivity contribution in [2.75, 3.05) is 39.4 Å². The van der Waals surface area contributed by atoms with Crippen molar-refractivity contribution in [1.29, 1.82) is 0 Å². The number of hydrogen-bond donors (Lipinski definition) is 2. The molecule has 2 saturated heterocycles. The molecule has 2 aromatic rings. The molecule has 172 valence electrons. The molecule has 2 aliphatic rings. The summed E-state index contributed by atoms with van der Waals surface area (Å²) < 4.78 is 25.3. The van der Waals surface area contributed by atoms with Gasteiger partial charge in [0.25, 0.3) is 0 Å². The zero-order chi connectivity index (χ0) is 20.8. The number of benzene rings is 1. The zero-order valence-corrected chi connectivity index (χ0v) is 20.6. The van der Waals surface area contributed by atoms with Crippen molar-refractivity contribution < 1.29 is 13.9 Å². The zero-order valence-electron chi connectivity index (χ0n) is 18.2. The van der Waals surface area contributed by atoms with E-state index in [9.17, 15) is 4.39 Å². The van der Waals surface area contributed by atoms with Gasteiger partial charge in [-0.25, -0.2) is 4.39 Å². The highest BCUT2D eigenvalue weighted by atomic mass is 127. The summed E-state index contributed by atoms with van der Waals surface area (Å²) in [5, 5.41) is 4.36. The Morgan fingerprint density at radius 3 is 2.90 bits per heavy atom. The van der Waals surface area contributed by atoms with Crippen LogP contribution in [0.1, 0.15) is 38.2 Å². The number of guanidine groups is 1. The molecule has 1 unspecified atom stereocenters. The molecule has 0 bridgehead atoms. The number of fused-ring (bicyclic) bond motifs is 1. The predicted molar refractivity (Wildman–Crippen MR) is 133 cm³/mol. The predicted octanol–water partition coefficient (Wildman–Crippen LogP) is 4.09. The molecule has 31 heavy (non-hydrogen) atoms. The lowest BCUT2D eigenvalue weighted by molar-refractivity contribution is -0.0367. The minimum atomic E-state index is -0.204. The van der Waals surface area contributed by atoms with Crippen LogP contribution in [0.3, 0.4) is 0 Å². The van der Waals surface area contributed by atoms with E-state index in [0.717, 1.165) is 87.4 Å². The summed E-state index contributed by atoms with van der Waals surface area (Å²) in [6.07, 6.45) is 7.65. The quantitative estimate of drug-likeness (QED) is 0.313. The normalized spacial score (nSPS) is 20.3. The van der Waals surface area contributed by atoms with Gasteiger partial charge in [0.05, 0.1) is 18.8 Å². The SMILES string of the molecule is CCNC(=NCCc1c[nH]c2ccc(F)cc12)N1CCC(OCC2CCCO2)CC1.I. The van der Waals surface area contributed by atoms with Crippen LogP contribution in [-0.4, -0.2) is 67.4 Å². The van der Waals surface area contributed by atoms with Gasteiger partial charge < -0.3 is 24.7 Å². The van der Waals surface area contributed by atoms with E-state index in [4.69, 9.17) is 14.5 Å². The van der Waals surface area contributed by atoms with Crippen LogP contribution in [0.4, 0.5) is 4.39 Å². The molecule has 2 aliphatic heterocycles. The van der Waals surface area contributed by atoms with Gasteiger partial charge in [-0.3, -0.25) is 4.99 Å². The van der Waals surface area contributed by atoms with E-state index in [1.54, 1.807) is 12.1 Å². The fraction of sp³-hybridized carbons (Fsp3) is 0.609. The van der Waals surface area contributed by atoms with Crippen LogP contribution < -0.4 is 5.32 Å². The van der Waals surface area contributed by atoms with Crippen molar-refractivity contribution in [3.05, 3.63) is 35.8 Å². The summed E-state index contributed by atoms with van der Waals surface area (Å²) in [5.74, 6) is 0.755. The minimum absolute atomic E-state index is 0. The molecular formula is C23H34FIN4O2. The second-order valence-electron chi connectivity index (χ2n) is 8.14. The summed E-state index contributed by atoms with van der Waals surface area (Å²) in [4.78, 5) is 10.4. The smallest absolute Gasteiger partial charge is 0.193 e. The van der Waals surface area contributed by atoms with Gasteiger partial charge in [-0.1, -0.05) is 0 Å². The molecule has 6 nitrogen and oxygen atoms in total. The van der Waals surface area contributed by atoms with Gasteiger partial charge in [0, 0.05) is 49.9 Å². The highest BCUT2D eigenvalue weighted by Gasteiger charge is 2.24. The third-order valence-electron chi connectivity index (χ3n) is 5.99. The Balaban J connectivity index is 0.00000272. The molecule has 0 radical (unpaired) electrons. The molecule has 0 aliphatic carbocycles. The van der Waals surface area contributed by atoms with Gasteiger partial charge in [0.2, 0.25) is 0 Å². The Morgan fingerprint density at radius 1 is 1.32 bits per heavy atom. The van der Waals surface area contributed by atoms with Crippen LogP contribution in [0, 0.1) is 5.82 Å². The average molecular weight is 544 g/mol. The number of aromatic nitrogens is 1. The number of nitrogens with zero attached hydrogens (tertiary/aromatic N) is 2. The topological polar surface area (TPSA) is 61.9 Å². The van der Waals surface area contributed by atoms with Gasteiger partial charge in [0.1, 0.15) is 5.82 Å². The number of nitrogens with one attached hydrogen (secondary N) is 2. The van der Waals surface area contributed by atoms with Gasteiger partial charge in [-0.2, -0.15) is 0 Å².